The molecule has 1 rings (SSSR count). The number of carboxylic acid groups (broad SMARTS) is 1. The lowest BCUT2D eigenvalue weighted by atomic mass is 10.0. The van der Waals surface area contributed by atoms with Crippen molar-refractivity contribution in [1.29, 1.82) is 0 Å². The lowest BCUT2D eigenvalue weighted by molar-refractivity contribution is -0.167. The van der Waals surface area contributed by atoms with Crippen LogP contribution < -0.4 is 0 Å². The van der Waals surface area contributed by atoms with E-state index in [1.165, 1.54) is 0 Å². The first kappa shape index (κ1) is 17.4. The summed E-state index contributed by atoms with van der Waals surface area (Å²) in [6.07, 6.45) is 1.77. The van der Waals surface area contributed by atoms with Crippen molar-refractivity contribution in [1.82, 2.24) is 0 Å². The van der Waals surface area contributed by atoms with E-state index in [1.54, 1.807) is 0 Å². The van der Waals surface area contributed by atoms with Crippen LogP contribution >= 0.6 is 0 Å². The second-order valence-electron chi connectivity index (χ2n) is 5.11. The van der Waals surface area contributed by atoms with Crippen molar-refractivity contribution in [2.75, 3.05) is 13.2 Å². The smallest absolute Gasteiger partial charge is 0.303 e. The summed E-state index contributed by atoms with van der Waals surface area (Å²) in [7, 11) is 0. The highest BCUT2D eigenvalue weighted by atomic mass is 16.7. The highest BCUT2D eigenvalue weighted by Crippen LogP contribution is 2.29. The molecule has 0 aliphatic carbocycles. The summed E-state index contributed by atoms with van der Waals surface area (Å²) < 4.78 is 11.0. The number of aliphatic hydroxyl groups is 1. The number of aliphatic carboxylic acids is 1. The Kier molecular flexibility index (Phi) is 8.15. The van der Waals surface area contributed by atoms with Gasteiger partial charge in [0.2, 0.25) is 0 Å². The first-order valence-corrected chi connectivity index (χ1v) is 6.47. The van der Waals surface area contributed by atoms with Crippen LogP contribution in [-0.4, -0.2) is 41.3 Å². The van der Waals surface area contributed by atoms with Crippen LogP contribution in [0.4, 0.5) is 0 Å². The summed E-state index contributed by atoms with van der Waals surface area (Å²) in [6.45, 7) is 8.60. The third kappa shape index (κ3) is 7.63. The Labute approximate surface area is 109 Å². The third-order valence-corrected chi connectivity index (χ3v) is 2.44. The maximum atomic E-state index is 9.60. The first-order valence-electron chi connectivity index (χ1n) is 6.47. The summed E-state index contributed by atoms with van der Waals surface area (Å²) in [6, 6.07) is 0. The first-order chi connectivity index (χ1) is 8.33. The van der Waals surface area contributed by atoms with Gasteiger partial charge in [0.05, 0.1) is 13.2 Å². The standard InChI is InChI=1S/C9H18O3.C4H8O2/c1-7(2)4-9(3)11-6-8(5-10)12-9;1-2-3-4(5)6/h7-8,10H,4-6H2,1-3H3;2-3H2,1H3,(H,5,6). The fourth-order valence-electron chi connectivity index (χ4n) is 1.84. The van der Waals surface area contributed by atoms with Crippen molar-refractivity contribution in [3.05, 3.63) is 0 Å². The Morgan fingerprint density at radius 1 is 1.50 bits per heavy atom. The van der Waals surface area contributed by atoms with Gasteiger partial charge >= 0.3 is 5.97 Å². The lowest BCUT2D eigenvalue weighted by Crippen LogP contribution is -2.29. The number of hydrogen-bond donors (Lipinski definition) is 2. The lowest BCUT2D eigenvalue weighted by Gasteiger charge is -2.24. The molecule has 0 bridgehead atoms. The average Bonchev–Trinajstić information content (AvgIpc) is 2.59. The topological polar surface area (TPSA) is 76.0 Å². The van der Waals surface area contributed by atoms with Crippen LogP contribution in [0.15, 0.2) is 0 Å². The van der Waals surface area contributed by atoms with Crippen LogP contribution in [0.5, 0.6) is 0 Å². The molecule has 2 N–H and O–H groups in total. The summed E-state index contributed by atoms with van der Waals surface area (Å²) in [5, 5.41) is 16.7. The molecule has 0 aromatic carbocycles. The summed E-state index contributed by atoms with van der Waals surface area (Å²) in [4.78, 5) is 9.60. The van der Waals surface area contributed by atoms with Crippen LogP contribution in [0.3, 0.4) is 0 Å². The van der Waals surface area contributed by atoms with E-state index >= 15 is 0 Å². The van der Waals surface area contributed by atoms with Crippen LogP contribution in [0.2, 0.25) is 0 Å². The minimum Gasteiger partial charge on any atom is -0.481 e. The van der Waals surface area contributed by atoms with Crippen molar-refractivity contribution >= 4 is 5.97 Å². The highest BCUT2D eigenvalue weighted by Gasteiger charge is 2.37. The van der Waals surface area contributed by atoms with E-state index in [1.807, 2.05) is 13.8 Å². The predicted molar refractivity (Wildman–Crippen MR) is 68.3 cm³/mol. The fraction of sp³-hybridized carbons (Fsp3) is 0.923. The Hall–Kier alpha value is -0.650. The number of aliphatic hydroxyl groups excluding tert-OH is 1. The molecule has 1 saturated heterocycles. The van der Waals surface area contributed by atoms with E-state index < -0.39 is 11.8 Å². The molecule has 5 heteroatoms. The predicted octanol–water partition coefficient (Wildman–Crippen LogP) is 2.03. The molecular formula is C13H26O5. The molecule has 1 fully saturated rings. The van der Waals surface area contributed by atoms with E-state index in [-0.39, 0.29) is 12.7 Å². The molecule has 1 heterocycles. The van der Waals surface area contributed by atoms with Crippen molar-refractivity contribution in [3.63, 3.8) is 0 Å². The van der Waals surface area contributed by atoms with Crippen LogP contribution in [-0.2, 0) is 14.3 Å². The number of carboxylic acids is 1. The van der Waals surface area contributed by atoms with Gasteiger partial charge in [0, 0.05) is 12.8 Å². The molecule has 1 aliphatic rings. The molecule has 0 amide bonds. The van der Waals surface area contributed by atoms with Crippen LogP contribution in [0.1, 0.15) is 47.0 Å². The second-order valence-corrected chi connectivity index (χ2v) is 5.11. The molecule has 108 valence electrons. The van der Waals surface area contributed by atoms with Crippen LogP contribution in [0.25, 0.3) is 0 Å². The molecule has 0 spiro atoms. The molecule has 18 heavy (non-hydrogen) atoms. The van der Waals surface area contributed by atoms with Gasteiger partial charge in [0.25, 0.3) is 0 Å². The normalized spacial score (nSPS) is 26.9. The molecular weight excluding hydrogens is 236 g/mol. The van der Waals surface area contributed by atoms with Gasteiger partial charge in [0.1, 0.15) is 6.10 Å². The fourth-order valence-corrected chi connectivity index (χ4v) is 1.84. The average molecular weight is 262 g/mol. The van der Waals surface area contributed by atoms with E-state index in [2.05, 4.69) is 13.8 Å². The van der Waals surface area contributed by atoms with Crippen LogP contribution in [0, 0.1) is 5.92 Å². The molecule has 2 atom stereocenters. The number of rotatable bonds is 5. The Morgan fingerprint density at radius 2 is 2.11 bits per heavy atom. The molecule has 5 nitrogen and oxygen atoms in total. The summed E-state index contributed by atoms with van der Waals surface area (Å²) >= 11 is 0. The minimum atomic E-state index is -0.711. The van der Waals surface area contributed by atoms with E-state index in [4.69, 9.17) is 19.7 Å². The van der Waals surface area contributed by atoms with Gasteiger partial charge in [0.15, 0.2) is 5.79 Å². The quantitative estimate of drug-likeness (QED) is 0.792. The Balaban J connectivity index is 0.000000411. The van der Waals surface area contributed by atoms with Gasteiger partial charge in [-0.15, -0.1) is 0 Å². The molecule has 0 aromatic rings. The van der Waals surface area contributed by atoms with Gasteiger partial charge in [-0.05, 0) is 19.3 Å². The second kappa shape index (κ2) is 8.45. The molecule has 0 saturated carbocycles. The summed E-state index contributed by atoms with van der Waals surface area (Å²) in [5.74, 6) is -0.633. The van der Waals surface area contributed by atoms with E-state index in [0.29, 0.717) is 18.9 Å². The van der Waals surface area contributed by atoms with E-state index in [0.717, 1.165) is 12.8 Å². The summed E-state index contributed by atoms with van der Waals surface area (Å²) in [5.41, 5.74) is 0. The highest BCUT2D eigenvalue weighted by molar-refractivity contribution is 5.66. The van der Waals surface area contributed by atoms with Gasteiger partial charge in [-0.25, -0.2) is 0 Å². The zero-order valence-electron chi connectivity index (χ0n) is 11.8. The molecule has 0 radical (unpaired) electrons. The van der Waals surface area contributed by atoms with Crippen molar-refractivity contribution in [3.8, 4) is 0 Å². The van der Waals surface area contributed by atoms with Gasteiger partial charge < -0.3 is 19.7 Å². The SMILES string of the molecule is CC(C)CC1(C)OCC(CO)O1.CCCC(=O)O. The largest absolute Gasteiger partial charge is 0.481 e. The van der Waals surface area contributed by atoms with Crippen molar-refractivity contribution < 1.29 is 24.5 Å². The minimum absolute atomic E-state index is 0.0493. The monoisotopic (exact) mass is 262 g/mol. The molecule has 0 aromatic heterocycles. The maximum Gasteiger partial charge on any atom is 0.303 e. The number of hydrogen-bond acceptors (Lipinski definition) is 4. The maximum absolute atomic E-state index is 9.60. The van der Waals surface area contributed by atoms with Crippen molar-refractivity contribution in [2.24, 2.45) is 5.92 Å². The van der Waals surface area contributed by atoms with Crippen molar-refractivity contribution in [2.45, 2.75) is 58.8 Å². The third-order valence-electron chi connectivity index (χ3n) is 2.44. The van der Waals surface area contributed by atoms with E-state index in [9.17, 15) is 4.79 Å². The Morgan fingerprint density at radius 3 is 2.39 bits per heavy atom. The van der Waals surface area contributed by atoms with Gasteiger partial charge in [-0.3, -0.25) is 4.79 Å². The zero-order chi connectivity index (χ0) is 14.2. The number of ether oxygens (including phenoxy) is 2. The number of carbonyl (C=O) groups is 1. The molecule has 2 unspecified atom stereocenters. The molecule has 1 aliphatic heterocycles. The van der Waals surface area contributed by atoms with Gasteiger partial charge in [-0.1, -0.05) is 20.8 Å². The zero-order valence-corrected chi connectivity index (χ0v) is 11.8. The van der Waals surface area contributed by atoms with Gasteiger partial charge in [-0.2, -0.15) is 0 Å². The Bertz CT molecular complexity index is 242.